The third-order valence-electron chi connectivity index (χ3n) is 2.82. The number of hydrogen-bond acceptors (Lipinski definition) is 3. The highest BCUT2D eigenvalue weighted by Gasteiger charge is 2.15. The first kappa shape index (κ1) is 13.3. The van der Waals surface area contributed by atoms with E-state index in [9.17, 15) is 10.1 Å². The molecule has 1 aromatic heterocycles. The smallest absolute Gasteiger partial charge is 0.225 e. The number of hydrogen-bond donors (Lipinski definition) is 1. The molecular formula is C15H13N2OS. The molecular weight excluding hydrogens is 256 g/mol. The van der Waals surface area contributed by atoms with Crippen LogP contribution in [-0.2, 0) is 11.2 Å². The zero-order valence-electron chi connectivity index (χ0n) is 10.6. The Hall–Kier alpha value is -2.12. The molecule has 1 radical (unpaired) electrons. The van der Waals surface area contributed by atoms with E-state index in [0.717, 1.165) is 16.9 Å². The van der Waals surface area contributed by atoms with Crippen molar-refractivity contribution < 1.29 is 4.79 Å². The quantitative estimate of drug-likeness (QED) is 0.929. The number of nitrogens with zero attached hydrogens (tertiary/aromatic N) is 1. The number of amides is 1. The molecule has 0 spiro atoms. The van der Waals surface area contributed by atoms with Crippen LogP contribution in [0.5, 0.6) is 0 Å². The predicted molar refractivity (Wildman–Crippen MR) is 77.0 cm³/mol. The summed E-state index contributed by atoms with van der Waals surface area (Å²) in [5, 5.41) is 12.4. The van der Waals surface area contributed by atoms with Crippen molar-refractivity contribution >= 4 is 22.2 Å². The molecule has 19 heavy (non-hydrogen) atoms. The summed E-state index contributed by atoms with van der Waals surface area (Å²) in [5.74, 6) is -0.399. The maximum atomic E-state index is 11.0. The van der Waals surface area contributed by atoms with Gasteiger partial charge in [0.05, 0.1) is 5.56 Å². The van der Waals surface area contributed by atoms with Crippen molar-refractivity contribution in [3.05, 3.63) is 58.8 Å². The molecule has 2 aromatic rings. The number of thiophene rings is 1. The minimum Gasteiger partial charge on any atom is -0.317 e. The van der Waals surface area contributed by atoms with Crippen LogP contribution in [0.4, 0.5) is 5.00 Å². The Bertz CT molecular complexity index is 638. The molecule has 0 aliphatic heterocycles. The fourth-order valence-electron chi connectivity index (χ4n) is 1.86. The van der Waals surface area contributed by atoms with Crippen LogP contribution in [0.15, 0.2) is 30.3 Å². The summed E-state index contributed by atoms with van der Waals surface area (Å²) < 4.78 is 0. The molecule has 0 aliphatic rings. The van der Waals surface area contributed by atoms with Crippen molar-refractivity contribution in [2.24, 2.45) is 0 Å². The molecule has 0 fully saturated rings. The van der Waals surface area contributed by atoms with Crippen molar-refractivity contribution in [2.45, 2.75) is 13.3 Å². The molecule has 1 heterocycles. The van der Waals surface area contributed by atoms with Crippen LogP contribution < -0.4 is 5.32 Å². The summed E-state index contributed by atoms with van der Waals surface area (Å²) in [6.07, 6.45) is 0.763. The van der Waals surface area contributed by atoms with Gasteiger partial charge in [0, 0.05) is 18.2 Å². The highest BCUT2D eigenvalue weighted by molar-refractivity contribution is 7.16. The minimum atomic E-state index is -0.399. The first-order chi connectivity index (χ1) is 9.11. The van der Waals surface area contributed by atoms with Gasteiger partial charge in [-0.3, -0.25) is 4.79 Å². The number of carbonyl (C=O) groups excluding carboxylic acids is 1. The fraction of sp³-hybridized carbons (Fsp3) is 0.133. The van der Waals surface area contributed by atoms with Crippen LogP contribution in [0.2, 0.25) is 0 Å². The lowest BCUT2D eigenvalue weighted by Crippen LogP contribution is -2.05. The second-order valence-electron chi connectivity index (χ2n) is 4.18. The molecule has 0 atom stereocenters. The molecule has 0 aliphatic carbocycles. The summed E-state index contributed by atoms with van der Waals surface area (Å²) in [5.41, 5.74) is 2.65. The standard InChI is InChI=1S/C15H13N2OS/c1-10-13(9-16)15(17-11(2)18)19-14(10)8-12-6-4-3-5-7-12/h3-7H,2,8H2,1H3,(H,17,18). The molecule has 0 saturated carbocycles. The molecule has 0 bridgehead atoms. The largest absolute Gasteiger partial charge is 0.317 e. The monoisotopic (exact) mass is 269 g/mol. The van der Waals surface area contributed by atoms with Gasteiger partial charge in [-0.25, -0.2) is 0 Å². The van der Waals surface area contributed by atoms with Crippen molar-refractivity contribution in [3.8, 4) is 6.07 Å². The van der Waals surface area contributed by atoms with Crippen molar-refractivity contribution in [3.63, 3.8) is 0 Å². The average molecular weight is 269 g/mol. The Kier molecular flexibility index (Phi) is 3.98. The van der Waals surface area contributed by atoms with Gasteiger partial charge in [0.15, 0.2) is 0 Å². The van der Waals surface area contributed by atoms with E-state index in [1.54, 1.807) is 0 Å². The van der Waals surface area contributed by atoms with Crippen LogP contribution in [0.3, 0.4) is 0 Å². The highest BCUT2D eigenvalue weighted by atomic mass is 32.1. The number of rotatable bonds is 3. The topological polar surface area (TPSA) is 52.9 Å². The van der Waals surface area contributed by atoms with E-state index in [4.69, 9.17) is 0 Å². The molecule has 1 aromatic carbocycles. The molecule has 2 rings (SSSR count). The number of anilines is 1. The molecule has 1 N–H and O–H groups in total. The van der Waals surface area contributed by atoms with Gasteiger partial charge in [0.2, 0.25) is 5.91 Å². The maximum absolute atomic E-state index is 11.0. The molecule has 1 amide bonds. The van der Waals surface area contributed by atoms with Crippen LogP contribution in [0.25, 0.3) is 0 Å². The van der Waals surface area contributed by atoms with E-state index in [2.05, 4.69) is 18.3 Å². The van der Waals surface area contributed by atoms with Gasteiger partial charge in [-0.2, -0.15) is 5.26 Å². The average Bonchev–Trinajstić information content (AvgIpc) is 2.66. The zero-order chi connectivity index (χ0) is 13.8. The second kappa shape index (κ2) is 5.68. The van der Waals surface area contributed by atoms with E-state index in [-0.39, 0.29) is 0 Å². The number of benzene rings is 1. The lowest BCUT2D eigenvalue weighted by molar-refractivity contribution is -0.112. The van der Waals surface area contributed by atoms with Gasteiger partial charge < -0.3 is 5.32 Å². The number of nitrogens with one attached hydrogen (secondary N) is 1. The molecule has 0 saturated heterocycles. The van der Waals surface area contributed by atoms with E-state index in [0.29, 0.717) is 10.6 Å². The number of nitriles is 1. The van der Waals surface area contributed by atoms with Crippen LogP contribution in [0.1, 0.15) is 21.6 Å². The Morgan fingerprint density at radius 2 is 2.11 bits per heavy atom. The maximum Gasteiger partial charge on any atom is 0.225 e. The van der Waals surface area contributed by atoms with E-state index >= 15 is 0 Å². The highest BCUT2D eigenvalue weighted by Crippen LogP contribution is 2.33. The van der Waals surface area contributed by atoms with E-state index in [1.807, 2.05) is 37.3 Å². The normalized spacial score (nSPS) is 9.95. The molecule has 95 valence electrons. The summed E-state index contributed by atoms with van der Waals surface area (Å²) in [7, 11) is 0. The lowest BCUT2D eigenvalue weighted by Gasteiger charge is -1.99. The number of carbonyl (C=O) groups is 1. The van der Waals surface area contributed by atoms with Gasteiger partial charge >= 0.3 is 0 Å². The Balaban J connectivity index is 2.34. The summed E-state index contributed by atoms with van der Waals surface area (Å²) >= 11 is 1.44. The first-order valence-electron chi connectivity index (χ1n) is 5.81. The molecule has 4 heteroatoms. The fourth-order valence-corrected chi connectivity index (χ4v) is 3.07. The molecule has 3 nitrogen and oxygen atoms in total. The predicted octanol–water partition coefficient (Wildman–Crippen LogP) is 3.29. The van der Waals surface area contributed by atoms with Gasteiger partial charge in [-0.15, -0.1) is 11.3 Å². The van der Waals surface area contributed by atoms with E-state index < -0.39 is 5.91 Å². The Morgan fingerprint density at radius 1 is 1.42 bits per heavy atom. The third kappa shape index (κ3) is 3.01. The van der Waals surface area contributed by atoms with Crippen LogP contribution in [-0.4, -0.2) is 5.91 Å². The molecule has 0 unspecified atom stereocenters. The van der Waals surface area contributed by atoms with Crippen molar-refractivity contribution in [1.29, 1.82) is 5.26 Å². The Morgan fingerprint density at radius 3 is 2.68 bits per heavy atom. The van der Waals surface area contributed by atoms with Crippen LogP contribution in [0, 0.1) is 25.2 Å². The first-order valence-corrected chi connectivity index (χ1v) is 6.62. The Labute approximate surface area is 116 Å². The summed E-state index contributed by atoms with van der Waals surface area (Å²) in [6, 6.07) is 12.2. The van der Waals surface area contributed by atoms with Gasteiger partial charge in [-0.1, -0.05) is 30.3 Å². The summed E-state index contributed by atoms with van der Waals surface area (Å²) in [4.78, 5) is 12.1. The zero-order valence-corrected chi connectivity index (χ0v) is 11.4. The van der Waals surface area contributed by atoms with Gasteiger partial charge in [-0.05, 0) is 18.1 Å². The lowest BCUT2D eigenvalue weighted by atomic mass is 10.1. The van der Waals surface area contributed by atoms with Gasteiger partial charge in [0.1, 0.15) is 11.1 Å². The SMILES string of the molecule is [CH2]C(=O)Nc1sc(Cc2ccccc2)c(C)c1C#N. The second-order valence-corrected chi connectivity index (χ2v) is 5.28. The van der Waals surface area contributed by atoms with Crippen LogP contribution >= 0.6 is 11.3 Å². The third-order valence-corrected chi connectivity index (χ3v) is 4.03. The summed E-state index contributed by atoms with van der Waals surface area (Å²) in [6.45, 7) is 5.19. The van der Waals surface area contributed by atoms with Gasteiger partial charge in [0.25, 0.3) is 0 Å². The van der Waals surface area contributed by atoms with Crippen molar-refractivity contribution in [1.82, 2.24) is 0 Å². The van der Waals surface area contributed by atoms with E-state index in [1.165, 1.54) is 16.9 Å². The minimum absolute atomic E-state index is 0.399. The van der Waals surface area contributed by atoms with Crippen molar-refractivity contribution in [2.75, 3.05) is 5.32 Å².